The Morgan fingerprint density at radius 2 is 1.79 bits per heavy atom. The van der Waals surface area contributed by atoms with Crippen molar-refractivity contribution in [2.24, 2.45) is 10.7 Å². The minimum absolute atomic E-state index is 0.670. The summed E-state index contributed by atoms with van der Waals surface area (Å²) in [5.41, 5.74) is 9.83. The molecule has 0 radical (unpaired) electrons. The van der Waals surface area contributed by atoms with E-state index in [1.165, 1.54) is 10.3 Å². The third kappa shape index (κ3) is 3.07. The molecule has 0 saturated heterocycles. The first-order valence-corrected chi connectivity index (χ1v) is 8.77. The molecule has 0 aromatic heterocycles. The zero-order valence-electron chi connectivity index (χ0n) is 13.1. The first-order chi connectivity index (χ1) is 11.8. The third-order valence-electron chi connectivity index (χ3n) is 3.90. The number of hydrogen-bond donors (Lipinski definition) is 1. The monoisotopic (exact) mass is 331 g/mol. The van der Waals surface area contributed by atoms with Gasteiger partial charge in [0.05, 0.1) is 31.8 Å². The summed E-state index contributed by atoms with van der Waals surface area (Å²) in [6, 6.07) is 22.6. The summed E-state index contributed by atoms with van der Waals surface area (Å²) in [5, 5.41) is 0.947. The quantitative estimate of drug-likeness (QED) is 0.574. The standard InChI is InChI=1S/C20H17N3S/c21-12-11-14-5-7-15(8-6-14)22-16-9-10-18-20(13-16)24-19-4-2-1-3-17(19)23-18/h1-10,13H,11-12,21H2. The van der Waals surface area contributed by atoms with Crippen LogP contribution in [0.4, 0.5) is 5.69 Å². The molecule has 0 spiro atoms. The van der Waals surface area contributed by atoms with Gasteiger partial charge < -0.3 is 5.73 Å². The van der Waals surface area contributed by atoms with Gasteiger partial charge >= 0.3 is 0 Å². The van der Waals surface area contributed by atoms with E-state index in [0.717, 1.165) is 33.6 Å². The van der Waals surface area contributed by atoms with E-state index >= 15 is 0 Å². The fraction of sp³-hybridized carbons (Fsp3) is 0.100. The van der Waals surface area contributed by atoms with Crippen LogP contribution in [-0.4, -0.2) is 11.5 Å². The van der Waals surface area contributed by atoms with Crippen molar-refractivity contribution in [3.8, 4) is 10.6 Å². The molecule has 0 atom stereocenters. The van der Waals surface area contributed by atoms with Crippen molar-refractivity contribution in [2.45, 2.75) is 6.42 Å². The number of para-hydroxylation sites is 1. The van der Waals surface area contributed by atoms with Crippen LogP contribution in [0.5, 0.6) is 0 Å². The van der Waals surface area contributed by atoms with Gasteiger partial charge in [0, 0.05) is 0 Å². The van der Waals surface area contributed by atoms with E-state index in [-0.39, 0.29) is 0 Å². The zero-order chi connectivity index (χ0) is 16.4. The van der Waals surface area contributed by atoms with E-state index in [9.17, 15) is 0 Å². The fourth-order valence-corrected chi connectivity index (χ4v) is 3.68. The molecular weight excluding hydrogens is 314 g/mol. The van der Waals surface area contributed by atoms with Crippen LogP contribution < -0.4 is 11.1 Å². The van der Waals surface area contributed by atoms with Crippen molar-refractivity contribution in [3.05, 3.63) is 77.7 Å². The lowest BCUT2D eigenvalue weighted by atomic mass is 10.1. The molecule has 4 heteroatoms. The molecule has 24 heavy (non-hydrogen) atoms. The molecule has 0 bridgehead atoms. The van der Waals surface area contributed by atoms with E-state index in [4.69, 9.17) is 15.7 Å². The third-order valence-corrected chi connectivity index (χ3v) is 5.01. The molecule has 3 nitrogen and oxygen atoms in total. The number of nitrogens with two attached hydrogens (primary N) is 1. The Hall–Kier alpha value is -2.56. The lowest BCUT2D eigenvalue weighted by Gasteiger charge is -2.05. The van der Waals surface area contributed by atoms with Gasteiger partial charge in [0.1, 0.15) is 0 Å². The molecular formula is C20H17N3S. The minimum Gasteiger partial charge on any atom is -0.330 e. The second-order valence-electron chi connectivity index (χ2n) is 5.65. The molecule has 1 aliphatic carbocycles. The number of benzene rings is 3. The molecule has 2 aliphatic rings. The summed E-state index contributed by atoms with van der Waals surface area (Å²) in [4.78, 5) is 10.6. The highest BCUT2D eigenvalue weighted by atomic mass is 32.1. The van der Waals surface area contributed by atoms with E-state index in [1.54, 1.807) is 11.3 Å². The van der Waals surface area contributed by atoms with Gasteiger partial charge in [-0.2, -0.15) is 0 Å². The predicted molar refractivity (Wildman–Crippen MR) is 101 cm³/mol. The zero-order valence-corrected chi connectivity index (χ0v) is 14.0. The molecule has 2 aromatic carbocycles. The van der Waals surface area contributed by atoms with Gasteiger partial charge in [0.15, 0.2) is 0 Å². The number of nitrogens with zero attached hydrogens (tertiary/aromatic N) is 2. The fourth-order valence-electron chi connectivity index (χ4n) is 2.68. The summed E-state index contributed by atoms with van der Waals surface area (Å²) in [6.45, 7) is 0.670. The summed E-state index contributed by atoms with van der Waals surface area (Å²) >= 11 is 1.75. The second-order valence-corrected chi connectivity index (χ2v) is 6.73. The van der Waals surface area contributed by atoms with Crippen LogP contribution in [0.1, 0.15) is 5.56 Å². The van der Waals surface area contributed by atoms with Gasteiger partial charge in [0.2, 0.25) is 0 Å². The summed E-state index contributed by atoms with van der Waals surface area (Å²) in [5.74, 6) is 0. The normalized spacial score (nSPS) is 12.1. The molecule has 0 saturated carbocycles. The van der Waals surface area contributed by atoms with Crippen LogP contribution in [0.2, 0.25) is 0 Å². The molecule has 2 aromatic rings. The average molecular weight is 331 g/mol. The van der Waals surface area contributed by atoms with E-state index in [1.807, 2.05) is 42.5 Å². The Balaban J connectivity index is 1.76. The maximum Gasteiger partial charge on any atom is 0.0811 e. The number of hydrogen-bond acceptors (Lipinski definition) is 4. The molecule has 0 unspecified atom stereocenters. The van der Waals surface area contributed by atoms with Crippen molar-refractivity contribution in [2.75, 3.05) is 6.54 Å². The number of aromatic nitrogens is 1. The van der Waals surface area contributed by atoms with Crippen LogP contribution >= 0.6 is 11.3 Å². The van der Waals surface area contributed by atoms with Gasteiger partial charge in [-0.15, -0.1) is 11.3 Å². The largest absolute Gasteiger partial charge is 0.330 e. The van der Waals surface area contributed by atoms with Crippen molar-refractivity contribution in [1.29, 1.82) is 0 Å². The van der Waals surface area contributed by atoms with Gasteiger partial charge in [-0.25, -0.2) is 9.98 Å². The van der Waals surface area contributed by atoms with E-state index in [0.29, 0.717) is 6.54 Å². The maximum absolute atomic E-state index is 5.59. The van der Waals surface area contributed by atoms with Crippen molar-refractivity contribution in [3.63, 3.8) is 0 Å². The van der Waals surface area contributed by atoms with Crippen LogP contribution in [-0.2, 0) is 6.42 Å². The smallest absolute Gasteiger partial charge is 0.0811 e. The predicted octanol–water partition coefficient (Wildman–Crippen LogP) is 4.13. The average Bonchev–Trinajstić information content (AvgIpc) is 2.62. The Bertz CT molecular complexity index is 1020. The van der Waals surface area contributed by atoms with Crippen LogP contribution in [0.3, 0.4) is 0 Å². The van der Waals surface area contributed by atoms with E-state index < -0.39 is 0 Å². The second kappa shape index (κ2) is 6.51. The van der Waals surface area contributed by atoms with Crippen LogP contribution in [0.15, 0.2) is 71.7 Å². The van der Waals surface area contributed by atoms with Crippen molar-refractivity contribution in [1.82, 2.24) is 4.98 Å². The lowest BCUT2D eigenvalue weighted by Crippen LogP contribution is -2.02. The SMILES string of the molecule is NCCc1ccc(N=c2ccc3nc4ccccc4sc-3c2)cc1. The highest BCUT2D eigenvalue weighted by Crippen LogP contribution is 2.29. The summed E-state index contributed by atoms with van der Waals surface area (Å²) in [7, 11) is 0. The molecule has 0 fully saturated rings. The Morgan fingerprint density at radius 3 is 2.62 bits per heavy atom. The van der Waals surface area contributed by atoms with Crippen molar-refractivity contribution >= 4 is 27.2 Å². The highest BCUT2D eigenvalue weighted by Gasteiger charge is 2.06. The first-order valence-electron chi connectivity index (χ1n) is 7.95. The number of fused-ring (bicyclic) bond motifs is 2. The Morgan fingerprint density at radius 1 is 0.958 bits per heavy atom. The molecule has 0 amide bonds. The maximum atomic E-state index is 5.59. The molecule has 1 heterocycles. The van der Waals surface area contributed by atoms with Crippen LogP contribution in [0.25, 0.3) is 20.8 Å². The molecule has 2 N–H and O–H groups in total. The summed E-state index contributed by atoms with van der Waals surface area (Å²) < 4.78 is 1.19. The Kier molecular flexibility index (Phi) is 4.07. The highest BCUT2D eigenvalue weighted by molar-refractivity contribution is 7.21. The van der Waals surface area contributed by atoms with E-state index in [2.05, 4.69) is 24.3 Å². The summed E-state index contributed by atoms with van der Waals surface area (Å²) in [6.07, 6.45) is 0.899. The van der Waals surface area contributed by atoms with Gasteiger partial charge in [-0.1, -0.05) is 24.3 Å². The van der Waals surface area contributed by atoms with Gasteiger partial charge in [-0.05, 0) is 61.0 Å². The minimum atomic E-state index is 0.670. The van der Waals surface area contributed by atoms with Gasteiger partial charge in [0.25, 0.3) is 0 Å². The Labute approximate surface area is 144 Å². The van der Waals surface area contributed by atoms with Crippen LogP contribution in [0, 0.1) is 0 Å². The molecule has 118 valence electrons. The lowest BCUT2D eigenvalue weighted by molar-refractivity contribution is 0.969. The number of rotatable bonds is 3. The molecule has 1 aliphatic heterocycles. The molecule has 4 rings (SSSR count). The van der Waals surface area contributed by atoms with Crippen molar-refractivity contribution < 1.29 is 0 Å². The first kappa shape index (κ1) is 15.0. The van der Waals surface area contributed by atoms with Gasteiger partial charge in [-0.3, -0.25) is 0 Å². The topological polar surface area (TPSA) is 51.3 Å².